The highest BCUT2D eigenvalue weighted by Gasteiger charge is 2.75. The minimum absolute atomic E-state index is 0.128. The van der Waals surface area contributed by atoms with Gasteiger partial charge in [0.15, 0.2) is 0 Å². The summed E-state index contributed by atoms with van der Waals surface area (Å²) in [4.78, 5) is 43.9. The molecule has 31 heavy (non-hydrogen) atoms. The van der Waals surface area contributed by atoms with Gasteiger partial charge < -0.3 is 24.4 Å². The molecule has 170 valence electrons. The molecule has 0 aliphatic carbocycles. The van der Waals surface area contributed by atoms with Crippen molar-refractivity contribution in [2.24, 2.45) is 11.8 Å². The first-order valence-electron chi connectivity index (χ1n) is 11.3. The monoisotopic (exact) mass is 432 g/mol. The summed E-state index contributed by atoms with van der Waals surface area (Å²) in [7, 11) is 0. The Morgan fingerprint density at radius 1 is 1.16 bits per heavy atom. The van der Waals surface area contributed by atoms with Crippen molar-refractivity contribution in [1.82, 2.24) is 9.80 Å². The average molecular weight is 433 g/mol. The first-order chi connectivity index (χ1) is 14.8. The van der Waals surface area contributed by atoms with E-state index < -0.39 is 41.1 Å². The van der Waals surface area contributed by atoms with Crippen LogP contribution in [0.25, 0.3) is 0 Å². The Morgan fingerprint density at radius 3 is 2.61 bits per heavy atom. The second kappa shape index (κ2) is 8.06. The van der Waals surface area contributed by atoms with Crippen LogP contribution in [-0.2, 0) is 23.9 Å². The van der Waals surface area contributed by atoms with Gasteiger partial charge in [-0.2, -0.15) is 0 Å². The molecular weight excluding hydrogens is 400 g/mol. The number of carbonyl (C=O) groups is 3. The largest absolute Gasteiger partial charge is 0.461 e. The molecule has 0 aromatic heterocycles. The molecule has 1 unspecified atom stereocenters. The number of esters is 1. The maximum atomic E-state index is 13.8. The van der Waals surface area contributed by atoms with Crippen LogP contribution < -0.4 is 0 Å². The highest BCUT2D eigenvalue weighted by atomic mass is 16.6. The standard InChI is InChI=1S/C23H32N2O6/c1-4-6-11-24-12-7-10-23-16(17-21(29)30-13-8-9-22(17,3)31-23)19(27)25(15(5-2)14-26)18(23)20(24)28/h7-10,15-18,26H,4-6,11-14H2,1-3H3/t15-,16-,17-,18?,22+,23-/m0/s1. The van der Waals surface area contributed by atoms with Crippen LogP contribution in [0.3, 0.4) is 0 Å². The zero-order valence-electron chi connectivity index (χ0n) is 18.5. The molecular formula is C23H32N2O6. The van der Waals surface area contributed by atoms with Gasteiger partial charge in [-0.3, -0.25) is 14.4 Å². The Bertz CT molecular complexity index is 821. The molecule has 8 heteroatoms. The van der Waals surface area contributed by atoms with Crippen molar-refractivity contribution in [3.63, 3.8) is 0 Å². The SMILES string of the molecule is CCCCN1CC=C[C@]23O[C@]4(C)C=CCOC(=O)[C@@H]4[C@H]2C(=O)N([C@@H](CC)CO)C3C1=O. The van der Waals surface area contributed by atoms with Gasteiger partial charge in [0.1, 0.15) is 24.2 Å². The van der Waals surface area contributed by atoms with E-state index >= 15 is 0 Å². The molecule has 0 aromatic carbocycles. The number of likely N-dealkylation sites (tertiary alicyclic amines) is 1. The quantitative estimate of drug-likeness (QED) is 0.498. The summed E-state index contributed by atoms with van der Waals surface area (Å²) in [6, 6.07) is -1.46. The Labute approximate surface area is 182 Å². The summed E-state index contributed by atoms with van der Waals surface area (Å²) >= 11 is 0. The number of aliphatic hydroxyl groups excluding tert-OH is 1. The number of nitrogens with zero attached hydrogens (tertiary/aromatic N) is 2. The topological polar surface area (TPSA) is 96.4 Å². The zero-order chi connectivity index (χ0) is 22.4. The fourth-order valence-corrected chi connectivity index (χ4v) is 5.70. The Morgan fingerprint density at radius 2 is 1.94 bits per heavy atom. The van der Waals surface area contributed by atoms with E-state index in [9.17, 15) is 19.5 Å². The molecule has 4 rings (SSSR count). The lowest BCUT2D eigenvalue weighted by Gasteiger charge is -2.39. The number of cyclic esters (lactones) is 1. The van der Waals surface area contributed by atoms with Crippen LogP contribution in [-0.4, -0.2) is 82.3 Å². The molecule has 0 radical (unpaired) electrons. The van der Waals surface area contributed by atoms with Crippen molar-refractivity contribution in [1.29, 1.82) is 0 Å². The summed E-state index contributed by atoms with van der Waals surface area (Å²) < 4.78 is 11.9. The van der Waals surface area contributed by atoms with Crippen LogP contribution in [0.15, 0.2) is 24.3 Å². The van der Waals surface area contributed by atoms with Crippen LogP contribution in [0.4, 0.5) is 0 Å². The average Bonchev–Trinajstić information content (AvgIpc) is 3.00. The van der Waals surface area contributed by atoms with Gasteiger partial charge in [0.2, 0.25) is 11.8 Å². The maximum absolute atomic E-state index is 13.8. The smallest absolute Gasteiger partial charge is 0.313 e. The van der Waals surface area contributed by atoms with E-state index in [0.29, 0.717) is 19.5 Å². The summed E-state index contributed by atoms with van der Waals surface area (Å²) in [5, 5.41) is 10.0. The molecule has 2 saturated heterocycles. The number of ether oxygens (including phenoxy) is 2. The zero-order valence-corrected chi connectivity index (χ0v) is 18.5. The van der Waals surface area contributed by atoms with E-state index in [1.807, 2.05) is 19.1 Å². The third-order valence-corrected chi connectivity index (χ3v) is 7.19. The molecule has 4 heterocycles. The Balaban J connectivity index is 1.86. The number of amides is 2. The molecule has 0 aromatic rings. The van der Waals surface area contributed by atoms with Crippen LogP contribution in [0.2, 0.25) is 0 Å². The molecule has 2 fully saturated rings. The second-order valence-electron chi connectivity index (χ2n) is 9.06. The predicted molar refractivity (Wildman–Crippen MR) is 112 cm³/mol. The molecule has 4 aliphatic rings. The molecule has 1 spiro atoms. The molecule has 6 atom stereocenters. The number of carbonyl (C=O) groups excluding carboxylic acids is 3. The maximum Gasteiger partial charge on any atom is 0.313 e. The minimum atomic E-state index is -1.28. The van der Waals surface area contributed by atoms with Crippen LogP contribution >= 0.6 is 0 Å². The Kier molecular flexibility index (Phi) is 5.72. The number of unbranched alkanes of at least 4 members (excludes halogenated alkanes) is 1. The fraction of sp³-hybridized carbons (Fsp3) is 0.696. The molecule has 4 aliphatic heterocycles. The van der Waals surface area contributed by atoms with Crippen molar-refractivity contribution in [2.75, 3.05) is 26.3 Å². The third-order valence-electron chi connectivity index (χ3n) is 7.19. The third kappa shape index (κ3) is 3.14. The Hall–Kier alpha value is -2.19. The van der Waals surface area contributed by atoms with Crippen LogP contribution in [0.5, 0.6) is 0 Å². The van der Waals surface area contributed by atoms with Crippen LogP contribution in [0.1, 0.15) is 40.0 Å². The number of aliphatic hydroxyl groups is 1. The van der Waals surface area contributed by atoms with Gasteiger partial charge in [-0.05, 0) is 25.8 Å². The van der Waals surface area contributed by atoms with Gasteiger partial charge in [-0.15, -0.1) is 0 Å². The lowest BCUT2D eigenvalue weighted by atomic mass is 9.75. The van der Waals surface area contributed by atoms with E-state index in [1.54, 1.807) is 24.0 Å². The second-order valence-corrected chi connectivity index (χ2v) is 9.06. The van der Waals surface area contributed by atoms with Crippen molar-refractivity contribution in [2.45, 2.75) is 63.3 Å². The van der Waals surface area contributed by atoms with Gasteiger partial charge in [0.05, 0.1) is 24.2 Å². The lowest BCUT2D eigenvalue weighted by molar-refractivity contribution is -0.159. The summed E-state index contributed by atoms with van der Waals surface area (Å²) in [5.41, 5.74) is -2.33. The van der Waals surface area contributed by atoms with Crippen LogP contribution in [0, 0.1) is 11.8 Å². The van der Waals surface area contributed by atoms with Crippen molar-refractivity contribution in [3.05, 3.63) is 24.3 Å². The highest BCUT2D eigenvalue weighted by Crippen LogP contribution is 2.57. The van der Waals surface area contributed by atoms with E-state index in [1.165, 1.54) is 4.90 Å². The number of hydrogen-bond donors (Lipinski definition) is 1. The van der Waals surface area contributed by atoms with Crippen molar-refractivity contribution >= 4 is 17.8 Å². The lowest BCUT2D eigenvalue weighted by Crippen LogP contribution is -2.58. The van der Waals surface area contributed by atoms with Crippen molar-refractivity contribution in [3.8, 4) is 0 Å². The number of rotatable bonds is 6. The van der Waals surface area contributed by atoms with Crippen molar-refractivity contribution < 1.29 is 29.0 Å². The summed E-state index contributed by atoms with van der Waals surface area (Å²) in [5.74, 6) is -2.76. The molecule has 1 N–H and O–H groups in total. The molecule has 8 nitrogen and oxygen atoms in total. The van der Waals surface area contributed by atoms with E-state index in [2.05, 4.69) is 6.92 Å². The van der Waals surface area contributed by atoms with Gasteiger partial charge in [0.25, 0.3) is 0 Å². The number of fused-ring (bicyclic) bond motifs is 2. The van der Waals surface area contributed by atoms with E-state index in [-0.39, 0.29) is 25.0 Å². The predicted octanol–water partition coefficient (Wildman–Crippen LogP) is 1.04. The first kappa shape index (κ1) is 22.0. The van der Waals surface area contributed by atoms with Gasteiger partial charge in [0, 0.05) is 13.1 Å². The molecule has 0 saturated carbocycles. The van der Waals surface area contributed by atoms with Gasteiger partial charge in [-0.25, -0.2) is 0 Å². The fourth-order valence-electron chi connectivity index (χ4n) is 5.70. The van der Waals surface area contributed by atoms with E-state index in [4.69, 9.17) is 9.47 Å². The first-order valence-corrected chi connectivity index (χ1v) is 11.3. The summed E-state index contributed by atoms with van der Waals surface area (Å²) in [6.07, 6.45) is 9.48. The molecule has 2 amide bonds. The molecule has 0 bridgehead atoms. The van der Waals surface area contributed by atoms with Gasteiger partial charge in [-0.1, -0.05) is 38.5 Å². The number of hydrogen-bond acceptors (Lipinski definition) is 6. The normalized spacial score (nSPS) is 37.8. The van der Waals surface area contributed by atoms with E-state index in [0.717, 1.165) is 12.8 Å². The minimum Gasteiger partial charge on any atom is -0.461 e. The van der Waals surface area contributed by atoms with Gasteiger partial charge >= 0.3 is 5.97 Å². The summed E-state index contributed by atoms with van der Waals surface area (Å²) in [6.45, 7) is 6.58. The highest BCUT2D eigenvalue weighted by molar-refractivity contribution is 5.99.